The quantitative estimate of drug-likeness (QED) is 0.458. The standard InChI is InChI=1S/C6H4Cl2S.Na.H/c7-4-1-2-5(8)6(9)3-4;;/h1-3,9H;;/q;+1;-1. The molecule has 1 aromatic rings. The molecule has 0 unspecified atom stereocenters. The Morgan fingerprint density at radius 1 is 1.30 bits per heavy atom. The maximum atomic E-state index is 5.65. The summed E-state index contributed by atoms with van der Waals surface area (Å²) < 4.78 is 0. The van der Waals surface area contributed by atoms with Crippen LogP contribution in [0.3, 0.4) is 0 Å². The SMILES string of the molecule is Sc1cc(Cl)ccc1Cl.[H-].[Na+]. The molecular weight excluding hydrogens is 198 g/mol. The van der Waals surface area contributed by atoms with E-state index in [1.807, 2.05) is 0 Å². The predicted octanol–water partition coefficient (Wildman–Crippen LogP) is 0.399. The molecule has 0 fully saturated rings. The van der Waals surface area contributed by atoms with Gasteiger partial charge in [0.2, 0.25) is 0 Å². The van der Waals surface area contributed by atoms with Gasteiger partial charge in [0.05, 0.1) is 5.02 Å². The summed E-state index contributed by atoms with van der Waals surface area (Å²) in [7, 11) is 0. The molecule has 0 saturated heterocycles. The van der Waals surface area contributed by atoms with Crippen LogP contribution in [-0.2, 0) is 0 Å². The summed E-state index contributed by atoms with van der Waals surface area (Å²) >= 11 is 15.3. The van der Waals surface area contributed by atoms with E-state index in [0.717, 1.165) is 0 Å². The molecule has 0 atom stereocenters. The summed E-state index contributed by atoms with van der Waals surface area (Å²) in [6.07, 6.45) is 0. The number of hydrogen-bond donors (Lipinski definition) is 1. The van der Waals surface area contributed by atoms with Gasteiger partial charge in [0.25, 0.3) is 0 Å². The largest absolute Gasteiger partial charge is 1.00 e. The molecule has 1 rings (SSSR count). The van der Waals surface area contributed by atoms with Gasteiger partial charge in [-0.1, -0.05) is 23.2 Å². The summed E-state index contributed by atoms with van der Waals surface area (Å²) in [5.41, 5.74) is 0. The molecule has 0 aliphatic rings. The Bertz CT molecular complexity index is 232. The average Bonchev–Trinajstić information content (AvgIpc) is 1.80. The predicted molar refractivity (Wildman–Crippen MR) is 44.8 cm³/mol. The minimum absolute atomic E-state index is 0. The molecule has 50 valence electrons. The van der Waals surface area contributed by atoms with E-state index in [1.165, 1.54) is 0 Å². The topological polar surface area (TPSA) is 0 Å². The zero-order valence-corrected chi connectivity index (χ0v) is 9.84. The Labute approximate surface area is 99.1 Å². The molecule has 0 N–H and O–H groups in total. The van der Waals surface area contributed by atoms with E-state index in [4.69, 9.17) is 23.2 Å². The van der Waals surface area contributed by atoms with Crippen molar-refractivity contribution in [2.75, 3.05) is 0 Å². The molecule has 0 nitrogen and oxygen atoms in total. The molecule has 0 saturated carbocycles. The molecular formula is C6H5Cl2NaS. The third kappa shape index (κ3) is 3.04. The van der Waals surface area contributed by atoms with E-state index < -0.39 is 0 Å². The van der Waals surface area contributed by atoms with Crippen molar-refractivity contribution < 1.29 is 31.0 Å². The third-order valence-corrected chi connectivity index (χ3v) is 1.97. The maximum Gasteiger partial charge on any atom is 1.00 e. The van der Waals surface area contributed by atoms with Crippen LogP contribution in [-0.4, -0.2) is 0 Å². The summed E-state index contributed by atoms with van der Waals surface area (Å²) in [4.78, 5) is 0.712. The number of halogens is 2. The fraction of sp³-hybridized carbons (Fsp3) is 0. The molecule has 0 aromatic heterocycles. The van der Waals surface area contributed by atoms with Gasteiger partial charge in [-0.25, -0.2) is 0 Å². The summed E-state index contributed by atoms with van der Waals surface area (Å²) in [6.45, 7) is 0. The zero-order chi connectivity index (χ0) is 6.85. The van der Waals surface area contributed by atoms with Crippen molar-refractivity contribution in [2.45, 2.75) is 4.90 Å². The first-order valence-electron chi connectivity index (χ1n) is 2.34. The van der Waals surface area contributed by atoms with Gasteiger partial charge in [-0.3, -0.25) is 0 Å². The van der Waals surface area contributed by atoms with Crippen molar-refractivity contribution >= 4 is 35.8 Å². The Hall–Kier alpha value is 1.15. The summed E-state index contributed by atoms with van der Waals surface area (Å²) in [6, 6.07) is 5.14. The molecule has 0 radical (unpaired) electrons. The van der Waals surface area contributed by atoms with Crippen LogP contribution in [0.1, 0.15) is 1.43 Å². The fourth-order valence-electron chi connectivity index (χ4n) is 0.486. The van der Waals surface area contributed by atoms with Crippen LogP contribution in [0.5, 0.6) is 0 Å². The first-order valence-corrected chi connectivity index (χ1v) is 3.54. The molecule has 10 heavy (non-hydrogen) atoms. The van der Waals surface area contributed by atoms with Crippen LogP contribution >= 0.6 is 35.8 Å². The van der Waals surface area contributed by atoms with Gasteiger partial charge in [0.15, 0.2) is 0 Å². The van der Waals surface area contributed by atoms with E-state index >= 15 is 0 Å². The van der Waals surface area contributed by atoms with Gasteiger partial charge in [-0.05, 0) is 18.2 Å². The second-order valence-electron chi connectivity index (χ2n) is 1.60. The van der Waals surface area contributed by atoms with Crippen molar-refractivity contribution in [2.24, 2.45) is 0 Å². The van der Waals surface area contributed by atoms with E-state index in [-0.39, 0.29) is 31.0 Å². The summed E-state index contributed by atoms with van der Waals surface area (Å²) in [5.74, 6) is 0. The number of rotatable bonds is 0. The Morgan fingerprint density at radius 3 is 2.30 bits per heavy atom. The number of thiol groups is 1. The maximum absolute atomic E-state index is 5.65. The van der Waals surface area contributed by atoms with Gasteiger partial charge in [-0.15, -0.1) is 12.6 Å². The van der Waals surface area contributed by atoms with Crippen molar-refractivity contribution in [3.05, 3.63) is 28.2 Å². The van der Waals surface area contributed by atoms with Crippen LogP contribution in [0.25, 0.3) is 0 Å². The van der Waals surface area contributed by atoms with Crippen LogP contribution in [0.4, 0.5) is 0 Å². The van der Waals surface area contributed by atoms with Gasteiger partial charge in [0.1, 0.15) is 0 Å². The van der Waals surface area contributed by atoms with E-state index in [1.54, 1.807) is 18.2 Å². The number of hydrogen-bond acceptors (Lipinski definition) is 1. The average molecular weight is 203 g/mol. The molecule has 1 aromatic carbocycles. The van der Waals surface area contributed by atoms with Gasteiger partial charge < -0.3 is 1.43 Å². The van der Waals surface area contributed by atoms with E-state index in [0.29, 0.717) is 14.9 Å². The van der Waals surface area contributed by atoms with E-state index in [2.05, 4.69) is 12.6 Å². The smallest absolute Gasteiger partial charge is 1.00 e. The molecule has 0 heterocycles. The molecule has 0 amide bonds. The first-order chi connectivity index (χ1) is 4.20. The normalized spacial score (nSPS) is 8.70. The second kappa shape index (κ2) is 4.91. The van der Waals surface area contributed by atoms with Crippen LogP contribution in [0.15, 0.2) is 23.1 Å². The third-order valence-electron chi connectivity index (χ3n) is 0.908. The Balaban J connectivity index is 0. The first kappa shape index (κ1) is 11.2. The van der Waals surface area contributed by atoms with E-state index in [9.17, 15) is 0 Å². The Kier molecular flexibility index (Phi) is 5.48. The van der Waals surface area contributed by atoms with Crippen LogP contribution < -0.4 is 29.6 Å². The van der Waals surface area contributed by atoms with Crippen molar-refractivity contribution in [1.29, 1.82) is 0 Å². The molecule has 0 bridgehead atoms. The zero-order valence-electron chi connectivity index (χ0n) is 6.44. The van der Waals surface area contributed by atoms with Gasteiger partial charge in [0, 0.05) is 9.92 Å². The molecule has 0 aliphatic carbocycles. The molecule has 0 aliphatic heterocycles. The molecule has 0 spiro atoms. The fourth-order valence-corrected chi connectivity index (χ4v) is 1.07. The van der Waals surface area contributed by atoms with Crippen molar-refractivity contribution in [3.8, 4) is 0 Å². The minimum Gasteiger partial charge on any atom is -1.00 e. The Morgan fingerprint density at radius 2 is 1.90 bits per heavy atom. The minimum atomic E-state index is 0. The van der Waals surface area contributed by atoms with Crippen molar-refractivity contribution in [3.63, 3.8) is 0 Å². The van der Waals surface area contributed by atoms with Crippen molar-refractivity contribution in [1.82, 2.24) is 0 Å². The monoisotopic (exact) mass is 202 g/mol. The van der Waals surface area contributed by atoms with Gasteiger partial charge >= 0.3 is 29.6 Å². The van der Waals surface area contributed by atoms with Crippen LogP contribution in [0.2, 0.25) is 10.0 Å². The van der Waals surface area contributed by atoms with Gasteiger partial charge in [-0.2, -0.15) is 0 Å². The summed E-state index contributed by atoms with van der Waals surface area (Å²) in [5, 5.41) is 1.28. The van der Waals surface area contributed by atoms with Crippen LogP contribution in [0, 0.1) is 0 Å². The second-order valence-corrected chi connectivity index (χ2v) is 2.92. The molecule has 4 heteroatoms. The number of benzene rings is 1.